The highest BCUT2D eigenvalue weighted by Gasteiger charge is 1.98. The molecule has 60 valence electrons. The number of aliphatic imine (C=N–C) groups is 1. The molecular weight excluding hydrogens is 184 g/mol. The van der Waals surface area contributed by atoms with Gasteiger partial charge in [-0.1, -0.05) is 11.3 Å². The molecule has 0 unspecified atom stereocenters. The van der Waals surface area contributed by atoms with Gasteiger partial charge in [-0.15, -0.1) is 11.6 Å². The van der Waals surface area contributed by atoms with Crippen LogP contribution in [0.1, 0.15) is 4.88 Å². The zero-order valence-corrected chi connectivity index (χ0v) is 7.19. The Bertz CT molecular complexity index is 265. The first-order valence-electron chi connectivity index (χ1n) is 2.82. The Balaban J connectivity index is 2.81. The van der Waals surface area contributed by atoms with Crippen LogP contribution in [0, 0.1) is 0 Å². The average molecular weight is 191 g/mol. The van der Waals surface area contributed by atoms with Crippen LogP contribution in [0.15, 0.2) is 11.2 Å². The number of hydrogen-bond acceptors (Lipinski definition) is 3. The second-order valence-corrected chi connectivity index (χ2v) is 3.14. The maximum Gasteiger partial charge on any atom is 0.212 e. The summed E-state index contributed by atoms with van der Waals surface area (Å²) in [7, 11) is 0. The topological polar surface area (TPSA) is 77.3 Å². The number of nitrogens with two attached hydrogens (primary N) is 2. The lowest BCUT2D eigenvalue weighted by Crippen LogP contribution is -2.21. The average Bonchev–Trinajstić information content (AvgIpc) is 2.34. The molecule has 1 rings (SSSR count). The van der Waals surface area contributed by atoms with Gasteiger partial charge in [0.1, 0.15) is 0 Å². The molecule has 0 saturated heterocycles. The number of aromatic nitrogens is 1. The van der Waals surface area contributed by atoms with Gasteiger partial charge in [0.2, 0.25) is 5.13 Å². The summed E-state index contributed by atoms with van der Waals surface area (Å²) in [5, 5.41) is 0.542. The maximum atomic E-state index is 5.54. The van der Waals surface area contributed by atoms with E-state index in [1.54, 1.807) is 6.20 Å². The molecule has 0 bridgehead atoms. The van der Waals surface area contributed by atoms with Gasteiger partial charge < -0.3 is 11.5 Å². The molecule has 6 heteroatoms. The summed E-state index contributed by atoms with van der Waals surface area (Å²) in [6.45, 7) is 0. The van der Waals surface area contributed by atoms with Crippen molar-refractivity contribution in [2.75, 3.05) is 0 Å². The third-order valence-corrected chi connectivity index (χ3v) is 2.24. The summed E-state index contributed by atoms with van der Waals surface area (Å²) in [5.41, 5.74) is 10.3. The first-order valence-corrected chi connectivity index (χ1v) is 4.18. The van der Waals surface area contributed by atoms with Crippen molar-refractivity contribution in [1.29, 1.82) is 0 Å². The second-order valence-electron chi connectivity index (χ2n) is 1.78. The fourth-order valence-corrected chi connectivity index (χ4v) is 1.40. The van der Waals surface area contributed by atoms with Crippen molar-refractivity contribution in [2.24, 2.45) is 16.5 Å². The van der Waals surface area contributed by atoms with E-state index in [1.165, 1.54) is 11.3 Å². The molecule has 0 amide bonds. The highest BCUT2D eigenvalue weighted by atomic mass is 35.5. The van der Waals surface area contributed by atoms with E-state index in [-0.39, 0.29) is 5.96 Å². The quantitative estimate of drug-likeness (QED) is 0.411. The van der Waals surface area contributed by atoms with Crippen molar-refractivity contribution < 1.29 is 0 Å². The van der Waals surface area contributed by atoms with Gasteiger partial charge in [-0.2, -0.15) is 4.99 Å². The fourth-order valence-electron chi connectivity index (χ4n) is 0.521. The summed E-state index contributed by atoms with van der Waals surface area (Å²) in [6, 6.07) is 0. The minimum absolute atomic E-state index is 0.0143. The van der Waals surface area contributed by atoms with Crippen LogP contribution in [0.25, 0.3) is 0 Å². The zero-order valence-electron chi connectivity index (χ0n) is 5.62. The lowest BCUT2D eigenvalue weighted by Gasteiger charge is -1.85. The minimum Gasteiger partial charge on any atom is -0.370 e. The van der Waals surface area contributed by atoms with Crippen LogP contribution in [-0.2, 0) is 5.88 Å². The second kappa shape index (κ2) is 3.54. The van der Waals surface area contributed by atoms with Crippen LogP contribution in [0.3, 0.4) is 0 Å². The molecule has 0 fully saturated rings. The van der Waals surface area contributed by atoms with E-state index in [2.05, 4.69) is 9.98 Å². The third kappa shape index (κ3) is 2.36. The minimum atomic E-state index is 0.0143. The van der Waals surface area contributed by atoms with Crippen molar-refractivity contribution in [3.8, 4) is 0 Å². The Labute approximate surface area is 72.9 Å². The largest absolute Gasteiger partial charge is 0.370 e. The van der Waals surface area contributed by atoms with E-state index < -0.39 is 0 Å². The molecule has 0 atom stereocenters. The molecule has 4 N–H and O–H groups in total. The Morgan fingerprint density at radius 2 is 2.45 bits per heavy atom. The lowest BCUT2D eigenvalue weighted by molar-refractivity contribution is 1.31. The molecule has 1 aromatic heterocycles. The number of thiazole rings is 1. The first-order chi connectivity index (χ1) is 5.22. The van der Waals surface area contributed by atoms with Crippen LogP contribution in [0.5, 0.6) is 0 Å². The molecule has 1 aromatic rings. The normalized spacial score (nSPS) is 9.55. The summed E-state index contributed by atoms with van der Waals surface area (Å²) in [6.07, 6.45) is 1.65. The van der Waals surface area contributed by atoms with Crippen LogP contribution in [-0.4, -0.2) is 10.9 Å². The summed E-state index contributed by atoms with van der Waals surface area (Å²) >= 11 is 6.91. The molecule has 0 aliphatic rings. The number of nitrogens with zero attached hydrogens (tertiary/aromatic N) is 2. The molecule has 11 heavy (non-hydrogen) atoms. The molecular formula is C5H7ClN4S. The maximum absolute atomic E-state index is 5.54. The Morgan fingerprint density at radius 1 is 1.73 bits per heavy atom. The Hall–Kier alpha value is -0.810. The predicted octanol–water partition coefficient (Wildman–Crippen LogP) is 0.787. The molecule has 0 radical (unpaired) electrons. The van der Waals surface area contributed by atoms with Gasteiger partial charge in [-0.05, 0) is 0 Å². The van der Waals surface area contributed by atoms with Crippen molar-refractivity contribution in [1.82, 2.24) is 4.98 Å². The van der Waals surface area contributed by atoms with E-state index >= 15 is 0 Å². The summed E-state index contributed by atoms with van der Waals surface area (Å²) < 4.78 is 0. The van der Waals surface area contributed by atoms with Gasteiger partial charge in [-0.3, -0.25) is 0 Å². The van der Waals surface area contributed by atoms with Gasteiger partial charge in [0.05, 0.1) is 5.88 Å². The predicted molar refractivity (Wildman–Crippen MR) is 47.1 cm³/mol. The fraction of sp³-hybridized carbons (Fsp3) is 0.200. The first kappa shape index (κ1) is 8.29. The Morgan fingerprint density at radius 3 is 2.91 bits per heavy atom. The molecule has 0 aromatic carbocycles. The molecule has 0 aliphatic heterocycles. The van der Waals surface area contributed by atoms with Gasteiger partial charge in [0, 0.05) is 11.1 Å². The van der Waals surface area contributed by atoms with Crippen LogP contribution < -0.4 is 11.5 Å². The van der Waals surface area contributed by atoms with E-state index in [4.69, 9.17) is 23.1 Å². The highest BCUT2D eigenvalue weighted by molar-refractivity contribution is 7.15. The number of hydrogen-bond donors (Lipinski definition) is 2. The van der Waals surface area contributed by atoms with Gasteiger partial charge in [0.15, 0.2) is 5.96 Å². The standard InChI is InChI=1S/C5H7ClN4S/c6-1-3-2-9-5(11-3)10-4(7)8/h2H,1H2,(H4,7,8,9,10). The smallest absolute Gasteiger partial charge is 0.212 e. The zero-order chi connectivity index (χ0) is 8.27. The number of rotatable bonds is 2. The van der Waals surface area contributed by atoms with Gasteiger partial charge in [0.25, 0.3) is 0 Å². The lowest BCUT2D eigenvalue weighted by atomic mass is 10.6. The number of alkyl halides is 1. The van der Waals surface area contributed by atoms with Crippen molar-refractivity contribution >= 4 is 34.0 Å². The van der Waals surface area contributed by atoms with E-state index in [0.29, 0.717) is 11.0 Å². The van der Waals surface area contributed by atoms with Gasteiger partial charge in [-0.25, -0.2) is 4.98 Å². The molecule has 4 nitrogen and oxygen atoms in total. The molecule has 0 spiro atoms. The molecule has 0 aliphatic carbocycles. The van der Waals surface area contributed by atoms with Crippen molar-refractivity contribution in [3.63, 3.8) is 0 Å². The highest BCUT2D eigenvalue weighted by Crippen LogP contribution is 2.21. The summed E-state index contributed by atoms with van der Waals surface area (Å²) in [4.78, 5) is 8.61. The molecule has 1 heterocycles. The van der Waals surface area contributed by atoms with Crippen LogP contribution >= 0.6 is 22.9 Å². The Kier molecular flexibility index (Phi) is 2.67. The van der Waals surface area contributed by atoms with E-state index in [9.17, 15) is 0 Å². The number of guanidine groups is 1. The van der Waals surface area contributed by atoms with E-state index in [1.807, 2.05) is 0 Å². The monoisotopic (exact) mass is 190 g/mol. The van der Waals surface area contributed by atoms with Crippen LogP contribution in [0.2, 0.25) is 0 Å². The third-order valence-electron chi connectivity index (χ3n) is 0.898. The SMILES string of the molecule is NC(N)=Nc1ncc(CCl)s1. The van der Waals surface area contributed by atoms with E-state index in [0.717, 1.165) is 4.88 Å². The van der Waals surface area contributed by atoms with Crippen molar-refractivity contribution in [3.05, 3.63) is 11.1 Å². The number of halogens is 1. The van der Waals surface area contributed by atoms with Crippen molar-refractivity contribution in [2.45, 2.75) is 5.88 Å². The van der Waals surface area contributed by atoms with Gasteiger partial charge >= 0.3 is 0 Å². The molecule has 0 saturated carbocycles. The summed E-state index contributed by atoms with van der Waals surface area (Å²) in [5.74, 6) is 0.456. The van der Waals surface area contributed by atoms with Crippen LogP contribution in [0.4, 0.5) is 5.13 Å².